The zero-order chi connectivity index (χ0) is 22.6. The van der Waals surface area contributed by atoms with Crippen molar-refractivity contribution >= 4 is 33.4 Å². The number of para-hydroxylation sites is 1. The average molecular weight is 469 g/mol. The van der Waals surface area contributed by atoms with E-state index in [1.165, 1.54) is 0 Å². The summed E-state index contributed by atoms with van der Waals surface area (Å²) >= 11 is 6.18. The highest BCUT2D eigenvalue weighted by atomic mass is 35.5. The molecule has 7 nitrogen and oxygen atoms in total. The molecule has 4 bridgehead atoms. The maximum absolute atomic E-state index is 13.1. The molecule has 0 heterocycles. The molecule has 0 radical (unpaired) electrons. The fourth-order valence-corrected chi connectivity index (χ4v) is 6.72. The summed E-state index contributed by atoms with van der Waals surface area (Å²) in [5.74, 6) is 0.531. The molecule has 4 aliphatic rings. The second-order valence-corrected chi connectivity index (χ2v) is 12.2. The van der Waals surface area contributed by atoms with E-state index < -0.39 is 21.0 Å². The predicted molar refractivity (Wildman–Crippen MR) is 117 cm³/mol. The highest BCUT2D eigenvalue weighted by Gasteiger charge is 2.59. The molecular formula is C22H29ClN2O5S. The van der Waals surface area contributed by atoms with Crippen molar-refractivity contribution in [3.63, 3.8) is 0 Å². The first kappa shape index (κ1) is 22.4. The fraction of sp³-hybridized carbons (Fsp3) is 0.636. The lowest BCUT2D eigenvalue weighted by atomic mass is 9.47. The molecule has 31 heavy (non-hydrogen) atoms. The topological polar surface area (TPSA) is 102 Å². The van der Waals surface area contributed by atoms with Crippen LogP contribution in [0.25, 0.3) is 0 Å². The van der Waals surface area contributed by atoms with E-state index in [1.807, 2.05) is 0 Å². The molecule has 2 amide bonds. The Kier molecular flexibility index (Phi) is 5.53. The van der Waals surface area contributed by atoms with Crippen LogP contribution >= 0.6 is 11.6 Å². The van der Waals surface area contributed by atoms with Crippen molar-refractivity contribution in [2.45, 2.75) is 57.6 Å². The van der Waals surface area contributed by atoms with E-state index in [9.17, 15) is 18.0 Å². The number of rotatable bonds is 6. The van der Waals surface area contributed by atoms with Gasteiger partial charge in [-0.05, 0) is 75.8 Å². The standard InChI is InChI=1S/C22H29ClN2O5S/c1-21(2,30-17-7-5-4-6-16(17)23)19(26)24-18-14-8-13-9-15(18)12-22(10-13,11-14)20(27)25-31(3,28)29/h4-7,13-15,18H,8-12H2,1-3H3,(H,24,26)(H,25,27)/t13?,14-,15?,18?,22?/m1/s1. The molecule has 0 spiro atoms. The van der Waals surface area contributed by atoms with E-state index in [2.05, 4.69) is 10.0 Å². The van der Waals surface area contributed by atoms with Crippen LogP contribution in [-0.4, -0.2) is 38.1 Å². The van der Waals surface area contributed by atoms with E-state index in [4.69, 9.17) is 16.3 Å². The van der Waals surface area contributed by atoms with E-state index in [0.717, 1.165) is 25.5 Å². The number of ether oxygens (including phenoxy) is 1. The molecule has 170 valence electrons. The molecule has 9 heteroatoms. The maximum Gasteiger partial charge on any atom is 0.263 e. The van der Waals surface area contributed by atoms with Gasteiger partial charge in [0.1, 0.15) is 5.75 Å². The third-order valence-electron chi connectivity index (χ3n) is 7.08. The molecule has 0 saturated heterocycles. The number of carbonyl (C=O) groups is 2. The van der Waals surface area contributed by atoms with Crippen LogP contribution in [0.4, 0.5) is 0 Å². The second kappa shape index (κ2) is 7.66. The summed E-state index contributed by atoms with van der Waals surface area (Å²) < 4.78 is 31.4. The Labute approximate surface area is 188 Å². The third kappa shape index (κ3) is 4.42. The van der Waals surface area contributed by atoms with Crippen LogP contribution in [0.5, 0.6) is 5.75 Å². The van der Waals surface area contributed by atoms with Crippen LogP contribution in [-0.2, 0) is 19.6 Å². The van der Waals surface area contributed by atoms with Crippen molar-refractivity contribution in [1.29, 1.82) is 0 Å². The van der Waals surface area contributed by atoms with Crippen molar-refractivity contribution in [1.82, 2.24) is 10.0 Å². The maximum atomic E-state index is 13.1. The zero-order valence-electron chi connectivity index (χ0n) is 18.0. The summed E-state index contributed by atoms with van der Waals surface area (Å²) in [6.45, 7) is 3.42. The Morgan fingerprint density at radius 2 is 1.74 bits per heavy atom. The zero-order valence-corrected chi connectivity index (χ0v) is 19.6. The van der Waals surface area contributed by atoms with Gasteiger partial charge in [0.15, 0.2) is 5.60 Å². The van der Waals surface area contributed by atoms with Crippen molar-refractivity contribution in [3.05, 3.63) is 29.3 Å². The summed E-state index contributed by atoms with van der Waals surface area (Å²) in [5.41, 5.74) is -1.77. The van der Waals surface area contributed by atoms with E-state index >= 15 is 0 Å². The highest BCUT2D eigenvalue weighted by Crippen LogP contribution is 2.60. The van der Waals surface area contributed by atoms with Crippen molar-refractivity contribution in [2.24, 2.45) is 23.2 Å². The lowest BCUT2D eigenvalue weighted by Gasteiger charge is -2.59. The Balaban J connectivity index is 1.47. The van der Waals surface area contributed by atoms with E-state index in [-0.39, 0.29) is 29.7 Å². The minimum Gasteiger partial charge on any atom is -0.476 e. The van der Waals surface area contributed by atoms with Crippen LogP contribution in [0, 0.1) is 23.2 Å². The van der Waals surface area contributed by atoms with Gasteiger partial charge in [0.05, 0.1) is 16.7 Å². The summed E-state index contributed by atoms with van der Waals surface area (Å²) in [7, 11) is -3.60. The number of amides is 2. The molecule has 5 atom stereocenters. The number of benzene rings is 1. The van der Waals surface area contributed by atoms with Gasteiger partial charge in [-0.2, -0.15) is 0 Å². The third-order valence-corrected chi connectivity index (χ3v) is 7.95. The Bertz CT molecular complexity index is 993. The quantitative estimate of drug-likeness (QED) is 0.668. The van der Waals surface area contributed by atoms with Gasteiger partial charge in [0.2, 0.25) is 15.9 Å². The lowest BCUT2D eigenvalue weighted by molar-refractivity contribution is -0.151. The van der Waals surface area contributed by atoms with Gasteiger partial charge < -0.3 is 10.1 Å². The highest BCUT2D eigenvalue weighted by molar-refractivity contribution is 7.89. The molecule has 0 aliphatic heterocycles. The summed E-state index contributed by atoms with van der Waals surface area (Å²) in [6, 6.07) is 6.99. The van der Waals surface area contributed by atoms with Crippen LogP contribution in [0.15, 0.2) is 24.3 Å². The minimum atomic E-state index is -3.60. The fourth-order valence-electron chi connectivity index (χ4n) is 5.99. The molecule has 4 unspecified atom stereocenters. The largest absolute Gasteiger partial charge is 0.476 e. The van der Waals surface area contributed by atoms with Gasteiger partial charge in [0.25, 0.3) is 5.91 Å². The number of hydrogen-bond acceptors (Lipinski definition) is 5. The van der Waals surface area contributed by atoms with Gasteiger partial charge in [-0.25, -0.2) is 8.42 Å². The normalized spacial score (nSPS) is 31.9. The van der Waals surface area contributed by atoms with Gasteiger partial charge in [-0.1, -0.05) is 23.7 Å². The number of halogens is 1. The SMILES string of the molecule is CC(C)(Oc1ccccc1Cl)C(=O)NC1C2CC3C[C@@H]1CC(C(=O)NS(C)(=O)=O)(C3)C2. The van der Waals surface area contributed by atoms with Gasteiger partial charge in [-0.3, -0.25) is 14.3 Å². The average Bonchev–Trinajstić information content (AvgIpc) is 2.64. The summed E-state index contributed by atoms with van der Waals surface area (Å²) in [6.07, 6.45) is 4.82. The molecule has 0 aromatic heterocycles. The van der Waals surface area contributed by atoms with Crippen molar-refractivity contribution < 1.29 is 22.7 Å². The molecule has 4 saturated carbocycles. The monoisotopic (exact) mass is 468 g/mol. The molecule has 2 N–H and O–H groups in total. The number of carbonyl (C=O) groups excluding carboxylic acids is 2. The summed E-state index contributed by atoms with van der Waals surface area (Å²) in [5, 5.41) is 3.63. The molecule has 4 fully saturated rings. The van der Waals surface area contributed by atoms with Crippen LogP contribution in [0.2, 0.25) is 5.02 Å². The molecule has 5 rings (SSSR count). The smallest absolute Gasteiger partial charge is 0.263 e. The molecule has 1 aromatic carbocycles. The first-order chi connectivity index (χ1) is 14.4. The Morgan fingerprint density at radius 3 is 2.32 bits per heavy atom. The minimum absolute atomic E-state index is 0.0441. The van der Waals surface area contributed by atoms with Crippen LogP contribution in [0.1, 0.15) is 46.0 Å². The van der Waals surface area contributed by atoms with Crippen molar-refractivity contribution in [3.8, 4) is 5.75 Å². The number of hydrogen-bond donors (Lipinski definition) is 2. The lowest BCUT2D eigenvalue weighted by Crippen LogP contribution is -2.64. The first-order valence-corrected chi connectivity index (χ1v) is 12.9. The van der Waals surface area contributed by atoms with Crippen LogP contribution in [0.3, 0.4) is 0 Å². The number of sulfonamides is 1. The second-order valence-electron chi connectivity index (χ2n) is 10.00. The Morgan fingerprint density at radius 1 is 1.13 bits per heavy atom. The molecule has 4 aliphatic carbocycles. The first-order valence-electron chi connectivity index (χ1n) is 10.7. The summed E-state index contributed by atoms with van der Waals surface area (Å²) in [4.78, 5) is 26.0. The van der Waals surface area contributed by atoms with Crippen LogP contribution < -0.4 is 14.8 Å². The number of nitrogens with one attached hydrogen (secondary N) is 2. The van der Waals surface area contributed by atoms with E-state index in [1.54, 1.807) is 38.1 Å². The van der Waals surface area contributed by atoms with Crippen molar-refractivity contribution in [2.75, 3.05) is 6.26 Å². The predicted octanol–water partition coefficient (Wildman–Crippen LogP) is 2.88. The molecular weight excluding hydrogens is 440 g/mol. The Hall–Kier alpha value is -1.80. The van der Waals surface area contributed by atoms with E-state index in [0.29, 0.717) is 29.5 Å². The molecule has 1 aromatic rings. The van der Waals surface area contributed by atoms with Gasteiger partial charge >= 0.3 is 0 Å². The van der Waals surface area contributed by atoms with Gasteiger partial charge in [0, 0.05) is 6.04 Å². The van der Waals surface area contributed by atoms with Gasteiger partial charge in [-0.15, -0.1) is 0 Å².